The van der Waals surface area contributed by atoms with Crippen molar-refractivity contribution in [1.82, 2.24) is 0 Å². The molecule has 2 unspecified atom stereocenters. The van der Waals surface area contributed by atoms with E-state index in [1.807, 2.05) is 0 Å². The minimum atomic E-state index is -6.10. The number of fused-ring (bicyclic) bond motifs is 3. The van der Waals surface area contributed by atoms with E-state index in [1.54, 1.807) is 6.92 Å². The molecule has 3 fully saturated rings. The van der Waals surface area contributed by atoms with Crippen LogP contribution in [-0.2, 0) is 9.47 Å². The maximum atomic E-state index is 14.9. The zero-order valence-electron chi connectivity index (χ0n) is 16.4. The summed E-state index contributed by atoms with van der Waals surface area (Å²) in [4.78, 5) is 0. The number of ether oxygens (including phenoxy) is 2. The monoisotopic (exact) mass is 438 g/mol. The van der Waals surface area contributed by atoms with Gasteiger partial charge in [-0.3, -0.25) is 0 Å². The van der Waals surface area contributed by atoms with Gasteiger partial charge in [-0.1, -0.05) is 19.4 Å². The lowest BCUT2D eigenvalue weighted by molar-refractivity contribution is -0.464. The quantitative estimate of drug-likeness (QED) is 0.180. The minimum Gasteiger partial charge on any atom is -0.343 e. The maximum Gasteiger partial charge on any atom is 0.456 e. The van der Waals surface area contributed by atoms with Gasteiger partial charge < -0.3 is 9.47 Å². The van der Waals surface area contributed by atoms with Crippen molar-refractivity contribution in [3.8, 4) is 0 Å². The third-order valence-electron chi connectivity index (χ3n) is 6.39. The standard InChI is InChI=1S/C19H26F8O2/c1-4-6-11-28-14(3,18(22,23)24)29-16(17(20,21)19(25,26)27)12-13-7-9-15(16,5-2)10-8-13/h5,13H,2,4,6-12H2,1,3H3. The van der Waals surface area contributed by atoms with Gasteiger partial charge in [0.1, 0.15) is 0 Å². The third kappa shape index (κ3) is 3.79. The van der Waals surface area contributed by atoms with Crippen molar-refractivity contribution in [1.29, 1.82) is 0 Å². The summed E-state index contributed by atoms with van der Waals surface area (Å²) in [6.07, 6.45) is -10.4. The molecular weight excluding hydrogens is 412 g/mol. The van der Waals surface area contributed by atoms with E-state index in [1.165, 1.54) is 0 Å². The van der Waals surface area contributed by atoms with E-state index >= 15 is 0 Å². The summed E-state index contributed by atoms with van der Waals surface area (Å²) in [6, 6.07) is 0. The predicted octanol–water partition coefficient (Wildman–Crippen LogP) is 6.80. The van der Waals surface area contributed by atoms with Crippen LogP contribution in [0.3, 0.4) is 0 Å². The Morgan fingerprint density at radius 2 is 1.55 bits per heavy atom. The lowest BCUT2D eigenvalue weighted by atomic mass is 9.50. The summed E-state index contributed by atoms with van der Waals surface area (Å²) in [7, 11) is 0. The highest BCUT2D eigenvalue weighted by molar-refractivity contribution is 5.22. The SMILES string of the molecule is C=CC12CCC(CC1)CC2(OC(C)(OCCCC)C(F)(F)F)C(F)(F)C(F)(F)F. The number of alkyl halides is 8. The van der Waals surface area contributed by atoms with Crippen molar-refractivity contribution >= 4 is 0 Å². The van der Waals surface area contributed by atoms with Gasteiger partial charge in [-0.25, -0.2) is 0 Å². The molecule has 29 heavy (non-hydrogen) atoms. The van der Waals surface area contributed by atoms with Crippen molar-refractivity contribution in [3.63, 3.8) is 0 Å². The largest absolute Gasteiger partial charge is 0.456 e. The van der Waals surface area contributed by atoms with Crippen molar-refractivity contribution in [3.05, 3.63) is 12.7 Å². The van der Waals surface area contributed by atoms with Crippen LogP contribution in [0.4, 0.5) is 35.1 Å². The van der Waals surface area contributed by atoms with E-state index in [0.717, 1.165) is 6.08 Å². The van der Waals surface area contributed by atoms with Gasteiger partial charge in [-0.2, -0.15) is 35.1 Å². The molecule has 0 spiro atoms. The van der Waals surface area contributed by atoms with Crippen molar-refractivity contribution < 1.29 is 44.6 Å². The number of hydrogen-bond acceptors (Lipinski definition) is 2. The molecular formula is C19H26F8O2. The van der Waals surface area contributed by atoms with E-state index in [-0.39, 0.29) is 19.3 Å². The van der Waals surface area contributed by atoms with Gasteiger partial charge in [-0.05, 0) is 51.4 Å². The van der Waals surface area contributed by atoms with Gasteiger partial charge in [0.05, 0.1) is 6.61 Å². The van der Waals surface area contributed by atoms with Crippen LogP contribution in [0, 0.1) is 11.3 Å². The lowest BCUT2D eigenvalue weighted by Crippen LogP contribution is -2.73. The molecule has 0 heterocycles. The second kappa shape index (κ2) is 7.66. The van der Waals surface area contributed by atoms with Crippen LogP contribution in [0.5, 0.6) is 0 Å². The van der Waals surface area contributed by atoms with E-state index in [9.17, 15) is 35.1 Å². The number of unbranched alkanes of at least 4 members (excludes halogenated alkanes) is 1. The van der Waals surface area contributed by atoms with Crippen LogP contribution >= 0.6 is 0 Å². The van der Waals surface area contributed by atoms with Gasteiger partial charge in [0.25, 0.3) is 5.79 Å². The summed E-state index contributed by atoms with van der Waals surface area (Å²) in [6.45, 7) is 4.95. The number of halogens is 8. The van der Waals surface area contributed by atoms with E-state index < -0.39 is 54.0 Å². The van der Waals surface area contributed by atoms with E-state index in [0.29, 0.717) is 26.2 Å². The van der Waals surface area contributed by atoms with Gasteiger partial charge in [-0.15, -0.1) is 6.58 Å². The van der Waals surface area contributed by atoms with E-state index in [2.05, 4.69) is 6.58 Å². The third-order valence-corrected chi connectivity index (χ3v) is 6.39. The van der Waals surface area contributed by atoms with Crippen LogP contribution in [0.15, 0.2) is 12.7 Å². The predicted molar refractivity (Wildman–Crippen MR) is 89.3 cm³/mol. The second-order valence-electron chi connectivity index (χ2n) is 8.15. The van der Waals surface area contributed by atoms with Crippen molar-refractivity contribution in [2.75, 3.05) is 6.61 Å². The van der Waals surface area contributed by atoms with Gasteiger partial charge in [0.2, 0.25) is 0 Å². The van der Waals surface area contributed by atoms with Crippen LogP contribution in [0.2, 0.25) is 0 Å². The van der Waals surface area contributed by atoms with Crippen LogP contribution < -0.4 is 0 Å². The lowest BCUT2D eigenvalue weighted by Gasteiger charge is -2.62. The molecule has 10 heteroatoms. The molecule has 3 aliphatic rings. The maximum absolute atomic E-state index is 14.9. The highest BCUT2D eigenvalue weighted by Crippen LogP contribution is 2.67. The van der Waals surface area contributed by atoms with Gasteiger partial charge in [0, 0.05) is 5.41 Å². The summed E-state index contributed by atoms with van der Waals surface area (Å²) < 4.78 is 121. The molecule has 3 saturated carbocycles. The molecule has 0 aliphatic heterocycles. The molecule has 2 bridgehead atoms. The Kier molecular flexibility index (Phi) is 6.43. The minimum absolute atomic E-state index is 0.157. The second-order valence-corrected chi connectivity index (χ2v) is 8.15. The molecule has 3 rings (SSSR count). The first-order valence-corrected chi connectivity index (χ1v) is 9.60. The van der Waals surface area contributed by atoms with E-state index in [4.69, 9.17) is 9.47 Å². The number of hydrogen-bond donors (Lipinski definition) is 0. The Balaban J connectivity index is 2.64. The average molecular weight is 438 g/mol. The van der Waals surface area contributed by atoms with Crippen LogP contribution in [0.1, 0.15) is 58.8 Å². The smallest absolute Gasteiger partial charge is 0.343 e. The first kappa shape index (κ1) is 24.4. The molecule has 0 radical (unpaired) electrons. The molecule has 0 aromatic carbocycles. The summed E-state index contributed by atoms with van der Waals surface area (Å²) in [5.41, 5.74) is -5.42. The molecule has 0 aromatic rings. The molecule has 0 saturated heterocycles. The summed E-state index contributed by atoms with van der Waals surface area (Å²) in [5.74, 6) is -9.75. The number of rotatable bonds is 8. The summed E-state index contributed by atoms with van der Waals surface area (Å²) in [5, 5.41) is 0. The molecule has 0 aromatic heterocycles. The fourth-order valence-corrected chi connectivity index (χ4v) is 4.57. The topological polar surface area (TPSA) is 18.5 Å². The Labute approximate surface area is 164 Å². The summed E-state index contributed by atoms with van der Waals surface area (Å²) >= 11 is 0. The van der Waals surface area contributed by atoms with Crippen LogP contribution in [0.25, 0.3) is 0 Å². The van der Waals surface area contributed by atoms with Gasteiger partial charge >= 0.3 is 18.3 Å². The normalized spacial score (nSPS) is 32.8. The van der Waals surface area contributed by atoms with Crippen molar-refractivity contribution in [2.45, 2.75) is 88.5 Å². The Bertz CT molecular complexity index is 592. The first-order valence-electron chi connectivity index (χ1n) is 9.60. The van der Waals surface area contributed by atoms with Crippen molar-refractivity contribution in [2.24, 2.45) is 11.3 Å². The molecule has 3 aliphatic carbocycles. The average Bonchev–Trinajstić information content (AvgIpc) is 2.61. The zero-order valence-corrected chi connectivity index (χ0v) is 16.4. The molecule has 170 valence electrons. The molecule has 2 nitrogen and oxygen atoms in total. The molecule has 0 amide bonds. The fraction of sp³-hybridized carbons (Fsp3) is 0.895. The Morgan fingerprint density at radius 3 is 1.97 bits per heavy atom. The van der Waals surface area contributed by atoms with Gasteiger partial charge in [0.15, 0.2) is 5.60 Å². The highest BCUT2D eigenvalue weighted by Gasteiger charge is 2.80. The first-order chi connectivity index (χ1) is 13.1. The Morgan fingerprint density at radius 1 is 1.00 bits per heavy atom. The molecule has 2 atom stereocenters. The molecule has 0 N–H and O–H groups in total. The zero-order chi connectivity index (χ0) is 22.4. The Hall–Kier alpha value is -0.900. The highest BCUT2D eigenvalue weighted by atomic mass is 19.4. The van der Waals surface area contributed by atoms with Crippen LogP contribution in [-0.4, -0.2) is 36.3 Å². The fourth-order valence-electron chi connectivity index (χ4n) is 4.57.